The third-order valence-electron chi connectivity index (χ3n) is 8.03. The molecule has 0 aliphatic rings. The molecule has 47 heavy (non-hydrogen) atoms. The number of anilines is 1. The first-order valence-corrected chi connectivity index (χ1v) is 17.1. The molecule has 0 saturated carbocycles. The zero-order valence-electron chi connectivity index (χ0n) is 27.0. The van der Waals surface area contributed by atoms with Gasteiger partial charge in [0.25, 0.3) is 0 Å². The van der Waals surface area contributed by atoms with E-state index in [-0.39, 0.29) is 28.6 Å². The largest absolute Gasteiger partial charge is 0.507 e. The number of phenols is 1. The molecule has 0 atom stereocenters. The molecule has 0 saturated heterocycles. The Kier molecular flexibility index (Phi) is 12.3. The van der Waals surface area contributed by atoms with Crippen LogP contribution >= 0.6 is 0 Å². The van der Waals surface area contributed by atoms with Gasteiger partial charge in [0.05, 0.1) is 25.1 Å². The van der Waals surface area contributed by atoms with E-state index in [1.807, 2.05) is 24.3 Å². The van der Waals surface area contributed by atoms with Crippen molar-refractivity contribution in [1.82, 2.24) is 4.31 Å². The van der Waals surface area contributed by atoms with Crippen molar-refractivity contribution in [1.29, 1.82) is 0 Å². The molecule has 1 N–H and O–H groups in total. The lowest BCUT2D eigenvalue weighted by Gasteiger charge is -2.26. The minimum Gasteiger partial charge on any atom is -0.507 e. The summed E-state index contributed by atoms with van der Waals surface area (Å²) in [6, 6.07) is 24.1. The Bertz CT molecular complexity index is 1760. The summed E-state index contributed by atoms with van der Waals surface area (Å²) in [5.41, 5.74) is 3.62. The van der Waals surface area contributed by atoms with Crippen LogP contribution in [0.15, 0.2) is 95.9 Å². The summed E-state index contributed by atoms with van der Waals surface area (Å²) in [7, 11) is -1.56. The van der Waals surface area contributed by atoms with E-state index in [0.29, 0.717) is 11.3 Å². The number of hydrogen-bond acceptors (Lipinski definition) is 6. The summed E-state index contributed by atoms with van der Waals surface area (Å²) in [6.45, 7) is 1.79. The Hall–Kier alpha value is -4.54. The van der Waals surface area contributed by atoms with Crippen molar-refractivity contribution in [3.63, 3.8) is 0 Å². The number of likely N-dealkylation sites (N-methyl/N-ethyl adjacent to an activating group) is 1. The molecule has 0 aliphatic heterocycles. The quantitative estimate of drug-likeness (QED) is 0.106. The number of esters is 1. The Balaban J connectivity index is 1.55. The lowest BCUT2D eigenvalue weighted by atomic mass is 10.0. The molecule has 0 bridgehead atoms. The van der Waals surface area contributed by atoms with Gasteiger partial charge >= 0.3 is 5.97 Å². The van der Waals surface area contributed by atoms with Gasteiger partial charge in [0.1, 0.15) is 17.1 Å². The molecule has 0 heterocycles. The first-order chi connectivity index (χ1) is 22.5. The van der Waals surface area contributed by atoms with Gasteiger partial charge in [-0.25, -0.2) is 17.6 Å². The third-order valence-corrected chi connectivity index (χ3v) is 9.85. The summed E-state index contributed by atoms with van der Waals surface area (Å²) in [6.07, 6.45) is 6.88. The number of unbranched alkanes of at least 4 members (excludes halogenated alkanes) is 4. The Labute approximate surface area is 276 Å². The van der Waals surface area contributed by atoms with Crippen molar-refractivity contribution in [2.24, 2.45) is 0 Å². The highest BCUT2D eigenvalue weighted by Gasteiger charge is 2.27. The summed E-state index contributed by atoms with van der Waals surface area (Å²) >= 11 is 0. The predicted molar refractivity (Wildman–Crippen MR) is 181 cm³/mol. The molecule has 0 unspecified atom stereocenters. The SMILES string of the molecule is CCCCCCCc1ccc(CN(C(=O)CN(C)S(=O)(=O)c2ccc(-c3ccc(F)cc3)cc2)c2ccc(O)c(C(=O)OC)c2)cc1. The maximum Gasteiger partial charge on any atom is 0.341 e. The van der Waals surface area contributed by atoms with Crippen LogP contribution in [-0.2, 0) is 32.5 Å². The first-order valence-electron chi connectivity index (χ1n) is 15.7. The standard InChI is InChI=1S/C37H41FN2O6S/c1-4-5-6-7-8-9-27-10-12-28(13-11-27)25-40(32-20-23-35(41)34(24-32)37(43)46-3)36(42)26-39(2)47(44,45)33-21-16-30(17-22-33)29-14-18-31(38)19-15-29/h10-24,41H,4-9,25-26H2,1-3H3. The lowest BCUT2D eigenvalue weighted by Crippen LogP contribution is -2.41. The van der Waals surface area contributed by atoms with Crippen LogP contribution in [-0.4, -0.2) is 50.4 Å². The van der Waals surface area contributed by atoms with E-state index in [1.165, 1.54) is 92.8 Å². The van der Waals surface area contributed by atoms with Gasteiger partial charge < -0.3 is 14.7 Å². The van der Waals surface area contributed by atoms with Gasteiger partial charge in [-0.05, 0) is 77.6 Å². The van der Waals surface area contributed by atoms with Gasteiger partial charge in [-0.1, -0.05) is 81.1 Å². The number of halogens is 1. The molecule has 0 aromatic heterocycles. The number of nitrogens with zero attached hydrogens (tertiary/aromatic N) is 2. The topological polar surface area (TPSA) is 104 Å². The van der Waals surface area contributed by atoms with Crippen LogP contribution in [0.1, 0.15) is 60.5 Å². The van der Waals surface area contributed by atoms with E-state index in [0.717, 1.165) is 28.3 Å². The fraction of sp³-hybridized carbons (Fsp3) is 0.297. The van der Waals surface area contributed by atoms with Gasteiger partial charge in [-0.2, -0.15) is 4.31 Å². The van der Waals surface area contributed by atoms with Crippen LogP contribution in [0.5, 0.6) is 5.75 Å². The van der Waals surface area contributed by atoms with E-state index >= 15 is 0 Å². The molecular formula is C37H41FN2O6S. The smallest absolute Gasteiger partial charge is 0.341 e. The van der Waals surface area contributed by atoms with E-state index in [4.69, 9.17) is 4.74 Å². The summed E-state index contributed by atoms with van der Waals surface area (Å²) in [5, 5.41) is 10.3. The van der Waals surface area contributed by atoms with Gasteiger partial charge in [0.15, 0.2) is 0 Å². The molecule has 4 aromatic carbocycles. The summed E-state index contributed by atoms with van der Waals surface area (Å²) < 4.78 is 46.1. The van der Waals surface area contributed by atoms with E-state index in [2.05, 4.69) is 6.92 Å². The second-order valence-corrected chi connectivity index (χ2v) is 13.5. The molecule has 1 amide bonds. The fourth-order valence-corrected chi connectivity index (χ4v) is 6.34. The minimum atomic E-state index is -4.07. The molecule has 4 aromatic rings. The number of carbonyl (C=O) groups excluding carboxylic acids is 2. The lowest BCUT2D eigenvalue weighted by molar-refractivity contribution is -0.118. The predicted octanol–water partition coefficient (Wildman–Crippen LogP) is 7.35. The van der Waals surface area contributed by atoms with Gasteiger partial charge in [-0.3, -0.25) is 4.79 Å². The average molecular weight is 661 g/mol. The number of carbonyl (C=O) groups is 2. The average Bonchev–Trinajstić information content (AvgIpc) is 3.08. The highest BCUT2D eigenvalue weighted by molar-refractivity contribution is 7.89. The van der Waals surface area contributed by atoms with Crippen LogP contribution in [0.4, 0.5) is 10.1 Å². The van der Waals surface area contributed by atoms with E-state index in [9.17, 15) is 27.5 Å². The van der Waals surface area contributed by atoms with Crippen molar-refractivity contribution in [2.45, 2.75) is 56.9 Å². The number of aromatic hydroxyl groups is 1. The Morgan fingerprint density at radius 3 is 2.02 bits per heavy atom. The highest BCUT2D eigenvalue weighted by Crippen LogP contribution is 2.28. The molecule has 8 nitrogen and oxygen atoms in total. The number of phenolic OH excluding ortho intramolecular Hbond substituents is 1. The number of methoxy groups -OCH3 is 1. The van der Waals surface area contributed by atoms with Crippen molar-refractivity contribution < 1.29 is 32.2 Å². The maximum absolute atomic E-state index is 13.8. The number of benzene rings is 4. The van der Waals surface area contributed by atoms with Crippen LogP contribution in [0.2, 0.25) is 0 Å². The van der Waals surface area contributed by atoms with Gasteiger partial charge in [0.2, 0.25) is 15.9 Å². The molecule has 0 fully saturated rings. The van der Waals surface area contributed by atoms with Crippen molar-refractivity contribution >= 4 is 27.6 Å². The maximum atomic E-state index is 13.8. The van der Waals surface area contributed by atoms with Crippen LogP contribution in [0.3, 0.4) is 0 Å². The molecular weight excluding hydrogens is 619 g/mol. The third kappa shape index (κ3) is 9.27. The van der Waals surface area contributed by atoms with Gasteiger partial charge in [0, 0.05) is 12.7 Å². The minimum absolute atomic E-state index is 0.00638. The normalized spacial score (nSPS) is 11.4. The van der Waals surface area contributed by atoms with E-state index in [1.54, 1.807) is 24.3 Å². The summed E-state index contributed by atoms with van der Waals surface area (Å²) in [5.74, 6) is -1.99. The zero-order chi connectivity index (χ0) is 34.0. The molecule has 4 rings (SSSR count). The Morgan fingerprint density at radius 2 is 1.40 bits per heavy atom. The zero-order valence-corrected chi connectivity index (χ0v) is 27.8. The van der Waals surface area contributed by atoms with E-state index < -0.39 is 28.4 Å². The molecule has 0 aliphatic carbocycles. The summed E-state index contributed by atoms with van der Waals surface area (Å²) in [4.78, 5) is 27.5. The first kappa shape index (κ1) is 35.3. The second-order valence-electron chi connectivity index (χ2n) is 11.4. The van der Waals surface area contributed by atoms with Crippen molar-refractivity contribution in [3.8, 4) is 16.9 Å². The fourth-order valence-electron chi connectivity index (χ4n) is 5.22. The number of aryl methyl sites for hydroxylation is 1. The van der Waals surface area contributed by atoms with Crippen molar-refractivity contribution in [2.75, 3.05) is 25.6 Å². The van der Waals surface area contributed by atoms with Crippen LogP contribution < -0.4 is 4.90 Å². The number of rotatable bonds is 15. The second kappa shape index (κ2) is 16.3. The van der Waals surface area contributed by atoms with Crippen molar-refractivity contribution in [3.05, 3.63) is 114 Å². The number of sulfonamides is 1. The monoisotopic (exact) mass is 660 g/mol. The Morgan fingerprint density at radius 1 is 0.809 bits per heavy atom. The molecule has 0 spiro atoms. The number of amides is 1. The molecule has 0 radical (unpaired) electrons. The molecule has 10 heteroatoms. The number of hydrogen-bond donors (Lipinski definition) is 1. The number of ether oxygens (including phenoxy) is 1. The van der Waals surface area contributed by atoms with Gasteiger partial charge in [-0.15, -0.1) is 0 Å². The van der Waals surface area contributed by atoms with Crippen LogP contribution in [0.25, 0.3) is 11.1 Å². The van der Waals surface area contributed by atoms with Crippen LogP contribution in [0, 0.1) is 5.82 Å². The highest BCUT2D eigenvalue weighted by atomic mass is 32.2. The molecule has 248 valence electrons.